The van der Waals surface area contributed by atoms with E-state index in [4.69, 9.17) is 4.74 Å². The normalized spacial score (nSPS) is 21.5. The standard InChI is InChI=1S/C14H25NO3/c1-5-7-11-8-13(16)15(9-11)12(6-2)14(17)18-10(3)4/h10-12H,5-9H2,1-4H3/t11?,12-/m0/s1. The highest BCUT2D eigenvalue weighted by molar-refractivity contribution is 5.86. The summed E-state index contributed by atoms with van der Waals surface area (Å²) in [7, 11) is 0. The molecule has 2 atom stereocenters. The van der Waals surface area contributed by atoms with Crippen LogP contribution >= 0.6 is 0 Å². The van der Waals surface area contributed by atoms with Gasteiger partial charge >= 0.3 is 5.97 Å². The first kappa shape index (κ1) is 15.0. The van der Waals surface area contributed by atoms with Crippen LogP contribution in [0.15, 0.2) is 0 Å². The first-order valence-corrected chi connectivity index (χ1v) is 6.99. The van der Waals surface area contributed by atoms with Gasteiger partial charge in [-0.2, -0.15) is 0 Å². The lowest BCUT2D eigenvalue weighted by Gasteiger charge is -2.26. The molecule has 1 saturated heterocycles. The van der Waals surface area contributed by atoms with Crippen LogP contribution < -0.4 is 0 Å². The zero-order valence-electron chi connectivity index (χ0n) is 11.9. The third kappa shape index (κ3) is 3.72. The van der Waals surface area contributed by atoms with Crippen LogP contribution in [-0.2, 0) is 14.3 Å². The molecule has 0 aromatic rings. The minimum Gasteiger partial charge on any atom is -0.461 e. The summed E-state index contributed by atoms with van der Waals surface area (Å²) in [6, 6.07) is -0.401. The van der Waals surface area contributed by atoms with E-state index in [1.54, 1.807) is 4.90 Å². The quantitative estimate of drug-likeness (QED) is 0.684. The fraction of sp³-hybridized carbons (Fsp3) is 0.857. The molecule has 1 amide bonds. The molecule has 0 bridgehead atoms. The molecule has 0 aromatic heterocycles. The average molecular weight is 255 g/mol. The van der Waals surface area contributed by atoms with E-state index in [1.165, 1.54) is 0 Å². The number of hydrogen-bond donors (Lipinski definition) is 0. The van der Waals surface area contributed by atoms with Gasteiger partial charge in [0.05, 0.1) is 6.10 Å². The lowest BCUT2D eigenvalue weighted by molar-refractivity contribution is -0.157. The molecule has 104 valence electrons. The minimum absolute atomic E-state index is 0.0982. The van der Waals surface area contributed by atoms with Gasteiger partial charge in [0.1, 0.15) is 6.04 Å². The first-order valence-electron chi connectivity index (χ1n) is 6.99. The summed E-state index contributed by atoms with van der Waals surface area (Å²) in [5.41, 5.74) is 0. The molecule has 1 fully saturated rings. The Morgan fingerprint density at radius 2 is 2.11 bits per heavy atom. The van der Waals surface area contributed by atoms with E-state index >= 15 is 0 Å². The van der Waals surface area contributed by atoms with E-state index in [0.29, 0.717) is 25.3 Å². The third-order valence-electron chi connectivity index (χ3n) is 3.32. The summed E-state index contributed by atoms with van der Waals surface area (Å²) in [6.45, 7) is 8.41. The molecule has 1 rings (SSSR count). The number of nitrogens with zero attached hydrogens (tertiary/aromatic N) is 1. The van der Waals surface area contributed by atoms with Gasteiger partial charge in [-0.3, -0.25) is 4.79 Å². The highest BCUT2D eigenvalue weighted by atomic mass is 16.5. The van der Waals surface area contributed by atoms with E-state index < -0.39 is 6.04 Å². The molecule has 4 heteroatoms. The molecule has 18 heavy (non-hydrogen) atoms. The molecule has 1 unspecified atom stereocenters. The van der Waals surface area contributed by atoms with Crippen LogP contribution in [0.1, 0.15) is 53.4 Å². The molecule has 4 nitrogen and oxygen atoms in total. The summed E-state index contributed by atoms with van der Waals surface area (Å²) in [6.07, 6.45) is 3.21. The van der Waals surface area contributed by atoms with Crippen molar-refractivity contribution in [2.24, 2.45) is 5.92 Å². The zero-order chi connectivity index (χ0) is 13.7. The van der Waals surface area contributed by atoms with Crippen molar-refractivity contribution in [3.63, 3.8) is 0 Å². The van der Waals surface area contributed by atoms with E-state index in [2.05, 4.69) is 6.92 Å². The second kappa shape index (κ2) is 6.76. The van der Waals surface area contributed by atoms with Gasteiger partial charge in [-0.05, 0) is 32.6 Å². The number of hydrogen-bond acceptors (Lipinski definition) is 3. The second-order valence-corrected chi connectivity index (χ2v) is 5.31. The molecule has 1 heterocycles. The number of ether oxygens (including phenoxy) is 1. The Bertz CT molecular complexity index is 301. The summed E-state index contributed by atoms with van der Waals surface area (Å²) >= 11 is 0. The molecular formula is C14H25NO3. The predicted octanol–water partition coefficient (Wildman–Crippen LogP) is 2.37. The molecule has 0 radical (unpaired) electrons. The van der Waals surface area contributed by atoms with E-state index in [-0.39, 0.29) is 18.0 Å². The Labute approximate surface area is 110 Å². The van der Waals surface area contributed by atoms with Gasteiger partial charge in [-0.1, -0.05) is 20.3 Å². The number of likely N-dealkylation sites (tertiary alicyclic amines) is 1. The smallest absolute Gasteiger partial charge is 0.329 e. The summed E-state index contributed by atoms with van der Waals surface area (Å²) in [5.74, 6) is 0.238. The highest BCUT2D eigenvalue weighted by Gasteiger charge is 2.37. The molecule has 0 N–H and O–H groups in total. The van der Waals surface area contributed by atoms with Gasteiger partial charge in [0.25, 0.3) is 0 Å². The van der Waals surface area contributed by atoms with E-state index in [0.717, 1.165) is 12.8 Å². The van der Waals surface area contributed by atoms with Crippen molar-refractivity contribution >= 4 is 11.9 Å². The van der Waals surface area contributed by atoms with Crippen LogP contribution in [0.3, 0.4) is 0 Å². The maximum atomic E-state index is 12.0. The fourth-order valence-electron chi connectivity index (χ4n) is 2.54. The fourth-order valence-corrected chi connectivity index (χ4v) is 2.54. The zero-order valence-corrected chi connectivity index (χ0v) is 11.9. The number of amides is 1. The molecule has 0 aliphatic carbocycles. The van der Waals surface area contributed by atoms with Gasteiger partial charge in [0.15, 0.2) is 0 Å². The van der Waals surface area contributed by atoms with E-state index in [9.17, 15) is 9.59 Å². The molecule has 0 saturated carbocycles. The van der Waals surface area contributed by atoms with Crippen molar-refractivity contribution < 1.29 is 14.3 Å². The molecule has 0 spiro atoms. The first-order chi connectivity index (χ1) is 8.49. The Morgan fingerprint density at radius 1 is 1.44 bits per heavy atom. The number of esters is 1. The molecular weight excluding hydrogens is 230 g/mol. The van der Waals surface area contributed by atoms with Crippen molar-refractivity contribution in [1.82, 2.24) is 4.90 Å². The summed E-state index contributed by atoms with van der Waals surface area (Å²) in [4.78, 5) is 25.6. The van der Waals surface area contributed by atoms with Crippen LogP contribution in [0.4, 0.5) is 0 Å². The Kier molecular flexibility index (Phi) is 5.63. The second-order valence-electron chi connectivity index (χ2n) is 5.31. The van der Waals surface area contributed by atoms with Crippen LogP contribution in [0, 0.1) is 5.92 Å². The van der Waals surface area contributed by atoms with Gasteiger partial charge in [0, 0.05) is 13.0 Å². The number of carbonyl (C=O) groups excluding carboxylic acids is 2. The van der Waals surface area contributed by atoms with Crippen molar-refractivity contribution in [2.45, 2.75) is 65.5 Å². The molecule has 1 aliphatic rings. The maximum Gasteiger partial charge on any atom is 0.329 e. The minimum atomic E-state index is -0.401. The van der Waals surface area contributed by atoms with Gasteiger partial charge in [-0.25, -0.2) is 4.79 Å². The third-order valence-corrected chi connectivity index (χ3v) is 3.32. The van der Waals surface area contributed by atoms with Crippen molar-refractivity contribution in [3.05, 3.63) is 0 Å². The monoisotopic (exact) mass is 255 g/mol. The van der Waals surface area contributed by atoms with Crippen molar-refractivity contribution in [3.8, 4) is 0 Å². The van der Waals surface area contributed by atoms with Crippen LogP contribution in [0.5, 0.6) is 0 Å². The van der Waals surface area contributed by atoms with Crippen molar-refractivity contribution in [1.29, 1.82) is 0 Å². The van der Waals surface area contributed by atoms with Crippen molar-refractivity contribution in [2.75, 3.05) is 6.54 Å². The molecule has 1 aliphatic heterocycles. The Balaban J connectivity index is 2.65. The van der Waals surface area contributed by atoms with Crippen LogP contribution in [0.25, 0.3) is 0 Å². The SMILES string of the molecule is CCCC1CC(=O)N([C@@H](CC)C(=O)OC(C)C)C1. The van der Waals surface area contributed by atoms with Crippen LogP contribution in [0.2, 0.25) is 0 Å². The van der Waals surface area contributed by atoms with Crippen LogP contribution in [-0.4, -0.2) is 35.5 Å². The molecule has 0 aromatic carbocycles. The predicted molar refractivity (Wildman–Crippen MR) is 70.0 cm³/mol. The average Bonchev–Trinajstić information content (AvgIpc) is 2.60. The van der Waals surface area contributed by atoms with E-state index in [1.807, 2.05) is 20.8 Å². The maximum absolute atomic E-state index is 12.0. The lowest BCUT2D eigenvalue weighted by Crippen LogP contribution is -2.43. The lowest BCUT2D eigenvalue weighted by atomic mass is 10.0. The largest absolute Gasteiger partial charge is 0.461 e. The Morgan fingerprint density at radius 3 is 2.61 bits per heavy atom. The van der Waals surface area contributed by atoms with Gasteiger partial charge in [-0.15, -0.1) is 0 Å². The summed E-state index contributed by atoms with van der Waals surface area (Å²) < 4.78 is 5.23. The number of carbonyl (C=O) groups is 2. The summed E-state index contributed by atoms with van der Waals surface area (Å²) in [5, 5.41) is 0. The Hall–Kier alpha value is -1.06. The van der Waals surface area contributed by atoms with Gasteiger partial charge in [0.2, 0.25) is 5.91 Å². The van der Waals surface area contributed by atoms with Gasteiger partial charge < -0.3 is 9.64 Å². The topological polar surface area (TPSA) is 46.6 Å². The number of rotatable bonds is 6. The highest BCUT2D eigenvalue weighted by Crippen LogP contribution is 2.25.